The molecule has 1 aromatic rings. The molecule has 0 atom stereocenters. The smallest absolute Gasteiger partial charge is 0.323 e. The molecule has 0 radical (unpaired) electrons. The van der Waals surface area contributed by atoms with Crippen LogP contribution in [0.15, 0.2) is 11.0 Å². The maximum atomic E-state index is 11.0. The Hall–Kier alpha value is -1.36. The maximum Gasteiger partial charge on any atom is 0.352 e. The standard InChI is InChI=1S/C7H7ClN2O3/c1-2-4-3-9-7(11)6(5(4)8)10(12)13/h3H,2H2,1H3,(H,9,11). The minimum Gasteiger partial charge on any atom is -0.323 e. The predicted octanol–water partition coefficient (Wildman–Crippen LogP) is 1.50. The van der Waals surface area contributed by atoms with Crippen molar-refractivity contribution in [2.45, 2.75) is 13.3 Å². The fourth-order valence-electron chi connectivity index (χ4n) is 0.956. The molecule has 0 saturated carbocycles. The molecule has 1 heterocycles. The van der Waals surface area contributed by atoms with Gasteiger partial charge in [0.25, 0.3) is 0 Å². The van der Waals surface area contributed by atoms with Gasteiger partial charge in [0.2, 0.25) is 0 Å². The lowest BCUT2D eigenvalue weighted by Gasteiger charge is -1.99. The number of nitrogens with one attached hydrogen (secondary N) is 1. The van der Waals surface area contributed by atoms with Crippen molar-refractivity contribution in [1.82, 2.24) is 4.98 Å². The first kappa shape index (κ1) is 9.73. The van der Waals surface area contributed by atoms with E-state index in [1.165, 1.54) is 6.20 Å². The molecule has 0 aromatic carbocycles. The topological polar surface area (TPSA) is 76.0 Å². The second-order valence-electron chi connectivity index (χ2n) is 2.42. The highest BCUT2D eigenvalue weighted by Crippen LogP contribution is 2.23. The lowest BCUT2D eigenvalue weighted by atomic mass is 10.2. The Morgan fingerprint density at radius 2 is 2.31 bits per heavy atom. The zero-order chi connectivity index (χ0) is 10.0. The van der Waals surface area contributed by atoms with Gasteiger partial charge in [-0.1, -0.05) is 18.5 Å². The predicted molar refractivity (Wildman–Crippen MR) is 48.1 cm³/mol. The summed E-state index contributed by atoms with van der Waals surface area (Å²) in [5, 5.41) is 10.3. The van der Waals surface area contributed by atoms with Gasteiger partial charge >= 0.3 is 11.2 Å². The van der Waals surface area contributed by atoms with E-state index in [0.29, 0.717) is 12.0 Å². The lowest BCUT2D eigenvalue weighted by Crippen LogP contribution is -2.12. The van der Waals surface area contributed by atoms with Crippen LogP contribution in [-0.2, 0) is 6.42 Å². The summed E-state index contributed by atoms with van der Waals surface area (Å²) in [6.45, 7) is 1.79. The molecule has 70 valence electrons. The molecule has 0 spiro atoms. The molecule has 13 heavy (non-hydrogen) atoms. The number of halogens is 1. The van der Waals surface area contributed by atoms with Crippen molar-refractivity contribution in [3.63, 3.8) is 0 Å². The van der Waals surface area contributed by atoms with Crippen molar-refractivity contribution >= 4 is 17.3 Å². The summed E-state index contributed by atoms with van der Waals surface area (Å²) in [6, 6.07) is 0. The zero-order valence-corrected chi connectivity index (χ0v) is 7.59. The Labute approximate surface area is 78.5 Å². The van der Waals surface area contributed by atoms with Crippen LogP contribution in [0.3, 0.4) is 0 Å². The average molecular weight is 203 g/mol. The molecular weight excluding hydrogens is 196 g/mol. The van der Waals surface area contributed by atoms with Crippen molar-refractivity contribution in [1.29, 1.82) is 0 Å². The molecule has 0 amide bonds. The highest BCUT2D eigenvalue weighted by molar-refractivity contribution is 6.33. The number of pyridine rings is 1. The molecule has 0 saturated heterocycles. The summed E-state index contributed by atoms with van der Waals surface area (Å²) in [5.41, 5.74) is -0.791. The number of nitro groups is 1. The third kappa shape index (κ3) is 1.70. The molecule has 5 nitrogen and oxygen atoms in total. The fraction of sp³-hybridized carbons (Fsp3) is 0.286. The zero-order valence-electron chi connectivity index (χ0n) is 6.83. The SMILES string of the molecule is CCc1c[nH]c(=O)c([N+](=O)[O-])c1Cl. The molecule has 0 aliphatic rings. The van der Waals surface area contributed by atoms with Gasteiger partial charge in [0, 0.05) is 6.20 Å². The third-order valence-corrected chi connectivity index (χ3v) is 2.07. The van der Waals surface area contributed by atoms with Crippen LogP contribution < -0.4 is 5.56 Å². The summed E-state index contributed by atoms with van der Waals surface area (Å²) >= 11 is 5.65. The number of aryl methyl sites for hydroxylation is 1. The van der Waals surface area contributed by atoms with Crippen LogP contribution in [0, 0.1) is 10.1 Å². The number of rotatable bonds is 2. The van der Waals surface area contributed by atoms with Crippen molar-refractivity contribution in [2.24, 2.45) is 0 Å². The van der Waals surface area contributed by atoms with E-state index in [4.69, 9.17) is 11.6 Å². The quantitative estimate of drug-likeness (QED) is 0.583. The van der Waals surface area contributed by atoms with Crippen LogP contribution in [0.2, 0.25) is 5.02 Å². The van der Waals surface area contributed by atoms with Crippen LogP contribution in [0.4, 0.5) is 5.69 Å². The monoisotopic (exact) mass is 202 g/mol. The fourth-order valence-corrected chi connectivity index (χ4v) is 1.30. The van der Waals surface area contributed by atoms with Crippen LogP contribution in [-0.4, -0.2) is 9.91 Å². The molecular formula is C7H7ClN2O3. The van der Waals surface area contributed by atoms with Gasteiger partial charge in [0.05, 0.1) is 4.92 Å². The molecule has 1 N–H and O–H groups in total. The van der Waals surface area contributed by atoms with E-state index in [9.17, 15) is 14.9 Å². The van der Waals surface area contributed by atoms with Crippen molar-refractivity contribution in [2.75, 3.05) is 0 Å². The molecule has 0 aliphatic carbocycles. The summed E-state index contributed by atoms with van der Waals surface area (Å²) in [6.07, 6.45) is 1.92. The molecule has 0 aliphatic heterocycles. The summed E-state index contributed by atoms with van der Waals surface area (Å²) in [5.74, 6) is 0. The van der Waals surface area contributed by atoms with Crippen LogP contribution in [0.5, 0.6) is 0 Å². The highest BCUT2D eigenvalue weighted by Gasteiger charge is 2.19. The number of H-pyrrole nitrogens is 1. The van der Waals surface area contributed by atoms with Gasteiger partial charge in [-0.2, -0.15) is 0 Å². The highest BCUT2D eigenvalue weighted by atomic mass is 35.5. The molecule has 0 unspecified atom stereocenters. The van der Waals surface area contributed by atoms with Crippen LogP contribution in [0.1, 0.15) is 12.5 Å². The maximum absolute atomic E-state index is 11.0. The number of aromatic nitrogens is 1. The first-order valence-electron chi connectivity index (χ1n) is 3.62. The molecule has 0 fully saturated rings. The molecule has 6 heteroatoms. The van der Waals surface area contributed by atoms with E-state index in [1.807, 2.05) is 0 Å². The first-order chi connectivity index (χ1) is 6.07. The van der Waals surface area contributed by atoms with Crippen LogP contribution >= 0.6 is 11.6 Å². The average Bonchev–Trinajstić information content (AvgIpc) is 2.04. The number of nitrogens with zero attached hydrogens (tertiary/aromatic N) is 1. The van der Waals surface area contributed by atoms with E-state index in [1.54, 1.807) is 6.92 Å². The Morgan fingerprint density at radius 1 is 1.69 bits per heavy atom. The number of hydrogen-bond acceptors (Lipinski definition) is 3. The van der Waals surface area contributed by atoms with Gasteiger partial charge in [-0.25, -0.2) is 0 Å². The van der Waals surface area contributed by atoms with E-state index in [2.05, 4.69) is 4.98 Å². The van der Waals surface area contributed by atoms with Crippen molar-refractivity contribution < 1.29 is 4.92 Å². The number of hydrogen-bond donors (Lipinski definition) is 1. The number of aromatic amines is 1. The Kier molecular flexibility index (Phi) is 2.67. The Morgan fingerprint density at radius 3 is 2.77 bits per heavy atom. The van der Waals surface area contributed by atoms with E-state index >= 15 is 0 Å². The molecule has 1 aromatic heterocycles. The van der Waals surface area contributed by atoms with Crippen LogP contribution in [0.25, 0.3) is 0 Å². The van der Waals surface area contributed by atoms with Gasteiger partial charge in [-0.15, -0.1) is 0 Å². The minimum atomic E-state index is -0.777. The Bertz CT molecular complexity index is 399. The Balaban J connectivity index is 3.48. The summed E-state index contributed by atoms with van der Waals surface area (Å²) < 4.78 is 0. The van der Waals surface area contributed by atoms with Gasteiger partial charge < -0.3 is 4.98 Å². The van der Waals surface area contributed by atoms with E-state index in [0.717, 1.165) is 0 Å². The van der Waals surface area contributed by atoms with Crippen molar-refractivity contribution in [3.05, 3.63) is 37.3 Å². The lowest BCUT2D eigenvalue weighted by molar-refractivity contribution is -0.386. The largest absolute Gasteiger partial charge is 0.352 e. The van der Waals surface area contributed by atoms with Crippen molar-refractivity contribution in [3.8, 4) is 0 Å². The first-order valence-corrected chi connectivity index (χ1v) is 4.00. The summed E-state index contributed by atoms with van der Waals surface area (Å²) in [4.78, 5) is 22.9. The summed E-state index contributed by atoms with van der Waals surface area (Å²) in [7, 11) is 0. The minimum absolute atomic E-state index is 0.0729. The van der Waals surface area contributed by atoms with E-state index < -0.39 is 16.2 Å². The van der Waals surface area contributed by atoms with Gasteiger partial charge in [0.1, 0.15) is 5.02 Å². The third-order valence-electron chi connectivity index (χ3n) is 1.65. The molecule has 0 bridgehead atoms. The molecule has 1 rings (SSSR count). The van der Waals surface area contributed by atoms with E-state index in [-0.39, 0.29) is 5.02 Å². The van der Waals surface area contributed by atoms with Gasteiger partial charge in [0.15, 0.2) is 0 Å². The van der Waals surface area contributed by atoms with Gasteiger partial charge in [-0.05, 0) is 12.0 Å². The normalized spacial score (nSPS) is 10.0. The van der Waals surface area contributed by atoms with Gasteiger partial charge in [-0.3, -0.25) is 14.9 Å². The second-order valence-corrected chi connectivity index (χ2v) is 2.79. The second kappa shape index (κ2) is 3.57.